The predicted octanol–water partition coefficient (Wildman–Crippen LogP) is 2.49. The predicted molar refractivity (Wildman–Crippen MR) is 111 cm³/mol. The third-order valence-electron chi connectivity index (χ3n) is 5.26. The monoisotopic (exact) mass is 387 g/mol. The molecule has 0 bridgehead atoms. The van der Waals surface area contributed by atoms with Crippen LogP contribution >= 0.6 is 0 Å². The van der Waals surface area contributed by atoms with Gasteiger partial charge >= 0.3 is 0 Å². The second-order valence-electron chi connectivity index (χ2n) is 7.31. The Labute approximate surface area is 167 Å². The summed E-state index contributed by atoms with van der Waals surface area (Å²) in [6, 6.07) is 13.6. The second kappa shape index (κ2) is 7.18. The zero-order chi connectivity index (χ0) is 19.8. The first-order chi connectivity index (χ1) is 14.2. The molecule has 29 heavy (non-hydrogen) atoms. The van der Waals surface area contributed by atoms with Crippen molar-refractivity contribution in [2.45, 2.75) is 19.6 Å². The van der Waals surface area contributed by atoms with Gasteiger partial charge in [-0.05, 0) is 42.3 Å². The van der Waals surface area contributed by atoms with E-state index < -0.39 is 0 Å². The first kappa shape index (κ1) is 17.6. The normalized spacial score (nSPS) is 14.1. The maximum Gasteiger partial charge on any atom is 0.261 e. The van der Waals surface area contributed by atoms with Gasteiger partial charge in [0.05, 0.1) is 23.6 Å². The molecule has 0 saturated carbocycles. The molecule has 2 aromatic carbocycles. The molecule has 2 aromatic heterocycles. The van der Waals surface area contributed by atoms with E-state index in [9.17, 15) is 4.79 Å². The molecule has 146 valence electrons. The van der Waals surface area contributed by atoms with Crippen LogP contribution in [0.1, 0.15) is 11.4 Å². The fourth-order valence-electron chi connectivity index (χ4n) is 3.54. The number of hydrogen-bond acceptors (Lipinski definition) is 5. The topological polar surface area (TPSA) is 84.8 Å². The Kier molecular flexibility index (Phi) is 4.37. The van der Waals surface area contributed by atoms with Gasteiger partial charge in [-0.2, -0.15) is 5.10 Å². The molecule has 0 spiro atoms. The molecule has 5 rings (SSSR count). The van der Waals surface area contributed by atoms with Gasteiger partial charge in [-0.15, -0.1) is 0 Å². The Hall–Kier alpha value is -3.45. The lowest BCUT2D eigenvalue weighted by atomic mass is 10.1. The molecule has 4 aromatic rings. The number of H-pyrrole nitrogens is 1. The first-order valence-electron chi connectivity index (χ1n) is 9.64. The summed E-state index contributed by atoms with van der Waals surface area (Å²) in [4.78, 5) is 17.9. The van der Waals surface area contributed by atoms with Crippen molar-refractivity contribution in [1.29, 1.82) is 0 Å². The summed E-state index contributed by atoms with van der Waals surface area (Å²) in [5, 5.41) is 10.6. The van der Waals surface area contributed by atoms with Crippen LogP contribution in [0.3, 0.4) is 0 Å². The minimum atomic E-state index is -0.0487. The molecular formula is C22H21N5O2. The van der Waals surface area contributed by atoms with Crippen molar-refractivity contribution in [1.82, 2.24) is 25.1 Å². The summed E-state index contributed by atoms with van der Waals surface area (Å²) in [6.45, 7) is 4.06. The third kappa shape index (κ3) is 3.40. The maximum atomic E-state index is 13.3. The summed E-state index contributed by atoms with van der Waals surface area (Å²) < 4.78 is 7.66. The van der Waals surface area contributed by atoms with Gasteiger partial charge in [0.15, 0.2) is 0 Å². The fourth-order valence-corrected chi connectivity index (χ4v) is 3.54. The van der Waals surface area contributed by atoms with Gasteiger partial charge in [0, 0.05) is 24.8 Å². The van der Waals surface area contributed by atoms with Crippen molar-refractivity contribution >= 4 is 10.9 Å². The number of fused-ring (bicyclic) bond motifs is 1. The molecule has 1 aliphatic rings. The maximum absolute atomic E-state index is 13.3. The van der Waals surface area contributed by atoms with Crippen molar-refractivity contribution in [2.75, 3.05) is 13.1 Å². The van der Waals surface area contributed by atoms with Gasteiger partial charge < -0.3 is 10.1 Å². The van der Waals surface area contributed by atoms with Crippen molar-refractivity contribution < 1.29 is 4.74 Å². The molecule has 7 heteroatoms. The number of aromatic nitrogens is 4. The zero-order valence-corrected chi connectivity index (χ0v) is 16.1. The average Bonchev–Trinajstić information content (AvgIpc) is 3.23. The molecule has 7 nitrogen and oxygen atoms in total. The van der Waals surface area contributed by atoms with Crippen molar-refractivity contribution in [2.24, 2.45) is 0 Å². The fraction of sp³-hybridized carbons (Fsp3) is 0.227. The van der Waals surface area contributed by atoms with Gasteiger partial charge in [-0.25, -0.2) is 4.98 Å². The highest BCUT2D eigenvalue weighted by Gasteiger charge is 2.18. The van der Waals surface area contributed by atoms with Gasteiger partial charge in [0.25, 0.3) is 5.56 Å². The SMILES string of the molecule is Cc1nc2ccc(-c3cn[nH]c3)cc2c(=O)n1Cc1cccc(OC2CNC2)c1. The van der Waals surface area contributed by atoms with Gasteiger partial charge in [-0.3, -0.25) is 14.5 Å². The van der Waals surface area contributed by atoms with Crippen LogP contribution < -0.4 is 15.6 Å². The molecule has 1 saturated heterocycles. The van der Waals surface area contributed by atoms with Crippen molar-refractivity contribution in [3.05, 3.63) is 76.6 Å². The number of hydrogen-bond donors (Lipinski definition) is 2. The smallest absolute Gasteiger partial charge is 0.261 e. The van der Waals surface area contributed by atoms with E-state index in [1.807, 2.05) is 55.6 Å². The lowest BCUT2D eigenvalue weighted by Gasteiger charge is -2.28. The summed E-state index contributed by atoms with van der Waals surface area (Å²) in [5.74, 6) is 1.52. The zero-order valence-electron chi connectivity index (χ0n) is 16.1. The van der Waals surface area contributed by atoms with Crippen LogP contribution in [0.4, 0.5) is 0 Å². The number of ether oxygens (including phenoxy) is 1. The highest BCUT2D eigenvalue weighted by Crippen LogP contribution is 2.22. The summed E-state index contributed by atoms with van der Waals surface area (Å²) in [5.41, 5.74) is 3.53. The van der Waals surface area contributed by atoms with Crippen LogP contribution in [0, 0.1) is 6.92 Å². The van der Waals surface area contributed by atoms with E-state index in [2.05, 4.69) is 20.5 Å². The van der Waals surface area contributed by atoms with Crippen LogP contribution in [0.2, 0.25) is 0 Å². The van der Waals surface area contributed by atoms with Crippen LogP contribution in [-0.4, -0.2) is 38.9 Å². The van der Waals surface area contributed by atoms with E-state index in [0.29, 0.717) is 23.3 Å². The van der Waals surface area contributed by atoms with E-state index in [0.717, 1.165) is 35.5 Å². The largest absolute Gasteiger partial charge is 0.488 e. The Bertz CT molecular complexity index is 1230. The van der Waals surface area contributed by atoms with Crippen molar-refractivity contribution in [3.63, 3.8) is 0 Å². The molecule has 0 atom stereocenters. The number of nitrogens with zero attached hydrogens (tertiary/aromatic N) is 3. The second-order valence-corrected chi connectivity index (χ2v) is 7.31. The average molecular weight is 387 g/mol. The lowest BCUT2D eigenvalue weighted by molar-refractivity contribution is 0.142. The molecule has 0 aliphatic carbocycles. The van der Waals surface area contributed by atoms with Crippen molar-refractivity contribution in [3.8, 4) is 16.9 Å². The molecule has 0 amide bonds. The summed E-state index contributed by atoms with van der Waals surface area (Å²) in [7, 11) is 0. The highest BCUT2D eigenvalue weighted by atomic mass is 16.5. The Morgan fingerprint density at radius 2 is 2.07 bits per heavy atom. The van der Waals surface area contributed by atoms with Gasteiger partial charge in [-0.1, -0.05) is 18.2 Å². The lowest BCUT2D eigenvalue weighted by Crippen LogP contribution is -2.50. The van der Waals surface area contributed by atoms with Gasteiger partial charge in [0.1, 0.15) is 17.7 Å². The third-order valence-corrected chi connectivity index (χ3v) is 5.26. The quantitative estimate of drug-likeness (QED) is 0.550. The molecule has 0 radical (unpaired) electrons. The molecular weight excluding hydrogens is 366 g/mol. The first-order valence-corrected chi connectivity index (χ1v) is 9.64. The standard InChI is InChI=1S/C22H21N5O2/c1-14-26-21-6-5-16(17-9-24-25-10-17)8-20(21)22(28)27(14)13-15-3-2-4-18(7-15)29-19-11-23-12-19/h2-10,19,23H,11-13H2,1H3,(H,24,25). The molecule has 3 heterocycles. The van der Waals surface area contributed by atoms with E-state index in [-0.39, 0.29) is 11.7 Å². The minimum absolute atomic E-state index is 0.0487. The number of nitrogens with one attached hydrogen (secondary N) is 2. The summed E-state index contributed by atoms with van der Waals surface area (Å²) in [6.07, 6.45) is 3.77. The van der Waals surface area contributed by atoms with Crippen LogP contribution in [0.25, 0.3) is 22.0 Å². The number of aromatic amines is 1. The number of rotatable bonds is 5. The van der Waals surface area contributed by atoms with Gasteiger partial charge in [0.2, 0.25) is 0 Å². The van der Waals surface area contributed by atoms with Crippen LogP contribution in [-0.2, 0) is 6.54 Å². The molecule has 1 aliphatic heterocycles. The molecule has 2 N–H and O–H groups in total. The Balaban J connectivity index is 1.51. The van der Waals surface area contributed by atoms with Crippen LogP contribution in [0.5, 0.6) is 5.75 Å². The van der Waals surface area contributed by atoms with E-state index >= 15 is 0 Å². The van der Waals surface area contributed by atoms with Crippen LogP contribution in [0.15, 0.2) is 59.7 Å². The Morgan fingerprint density at radius 1 is 1.17 bits per heavy atom. The number of aryl methyl sites for hydroxylation is 1. The van der Waals surface area contributed by atoms with E-state index in [1.54, 1.807) is 10.8 Å². The highest BCUT2D eigenvalue weighted by molar-refractivity contribution is 5.83. The molecule has 0 unspecified atom stereocenters. The van der Waals surface area contributed by atoms with E-state index in [4.69, 9.17) is 4.74 Å². The Morgan fingerprint density at radius 3 is 2.83 bits per heavy atom. The summed E-state index contributed by atoms with van der Waals surface area (Å²) >= 11 is 0. The number of benzene rings is 2. The van der Waals surface area contributed by atoms with E-state index in [1.165, 1.54) is 0 Å². The molecule has 1 fully saturated rings. The minimum Gasteiger partial charge on any atom is -0.488 e.